The van der Waals surface area contributed by atoms with Gasteiger partial charge in [0.15, 0.2) is 22.2 Å². The number of ketones is 1. The van der Waals surface area contributed by atoms with E-state index in [-0.39, 0.29) is 26.8 Å². The highest BCUT2D eigenvalue weighted by Gasteiger charge is 2.17. The molecule has 3 rings (SSSR count). The normalized spacial score (nSPS) is 11.2. The zero-order chi connectivity index (χ0) is 22.6. The summed E-state index contributed by atoms with van der Waals surface area (Å²) in [5.74, 6) is -1.31. The molecule has 0 fully saturated rings. The Morgan fingerprint density at radius 3 is 2.06 bits per heavy atom. The van der Waals surface area contributed by atoms with Crippen LogP contribution in [0.2, 0.25) is 10.0 Å². The van der Waals surface area contributed by atoms with Crippen LogP contribution in [0, 0.1) is 6.92 Å². The Balaban J connectivity index is 1.61. The largest absolute Gasteiger partial charge is 0.454 e. The summed E-state index contributed by atoms with van der Waals surface area (Å²) in [7, 11) is -3.50. The molecule has 160 valence electrons. The van der Waals surface area contributed by atoms with Gasteiger partial charge in [0.1, 0.15) is 0 Å². The van der Waals surface area contributed by atoms with Crippen LogP contribution in [0.25, 0.3) is 0 Å². The Labute approximate surface area is 190 Å². The molecule has 0 saturated carbocycles. The van der Waals surface area contributed by atoms with Gasteiger partial charge >= 0.3 is 5.97 Å². The van der Waals surface area contributed by atoms with Crippen molar-refractivity contribution in [2.24, 2.45) is 0 Å². The van der Waals surface area contributed by atoms with Crippen LogP contribution < -0.4 is 0 Å². The molecule has 0 aromatic heterocycles. The summed E-state index contributed by atoms with van der Waals surface area (Å²) in [5.41, 5.74) is 1.99. The van der Waals surface area contributed by atoms with Gasteiger partial charge in [-0.2, -0.15) is 0 Å². The number of hydrogen-bond donors (Lipinski definition) is 0. The molecule has 8 heteroatoms. The summed E-state index contributed by atoms with van der Waals surface area (Å²) < 4.78 is 30.1. The maximum absolute atomic E-state index is 12.5. The predicted octanol–water partition coefficient (Wildman–Crippen LogP) is 5.32. The van der Waals surface area contributed by atoms with Crippen molar-refractivity contribution in [2.75, 3.05) is 6.61 Å². The first-order valence-electron chi connectivity index (χ1n) is 9.19. The number of aryl methyl sites for hydroxylation is 1. The van der Waals surface area contributed by atoms with E-state index in [0.29, 0.717) is 10.6 Å². The third-order valence-corrected chi connectivity index (χ3v) is 6.95. The molecule has 31 heavy (non-hydrogen) atoms. The van der Waals surface area contributed by atoms with Crippen LogP contribution in [0.15, 0.2) is 71.6 Å². The molecule has 0 aliphatic carbocycles. The number of carbonyl (C=O) groups excluding carboxylic acids is 2. The van der Waals surface area contributed by atoms with E-state index in [9.17, 15) is 18.0 Å². The number of rotatable bonds is 7. The lowest BCUT2D eigenvalue weighted by Gasteiger charge is -2.07. The fourth-order valence-corrected chi connectivity index (χ4v) is 4.40. The van der Waals surface area contributed by atoms with E-state index in [1.165, 1.54) is 30.3 Å². The standard InChI is InChI=1S/C23H18Cl2O5S/c1-15-2-9-19(10-3-15)31(28,29)14-16-4-6-17(7-5-16)23(27)30-13-22(26)18-8-11-20(24)21(25)12-18/h2-12H,13-14H2,1H3. The van der Waals surface area contributed by atoms with Crippen molar-refractivity contribution in [1.29, 1.82) is 0 Å². The molecule has 0 saturated heterocycles. The molecular weight excluding hydrogens is 459 g/mol. The van der Waals surface area contributed by atoms with Gasteiger partial charge in [0.2, 0.25) is 0 Å². The number of sulfone groups is 1. The zero-order valence-electron chi connectivity index (χ0n) is 16.5. The number of hydrogen-bond acceptors (Lipinski definition) is 5. The average molecular weight is 477 g/mol. The average Bonchev–Trinajstić information content (AvgIpc) is 2.74. The molecule has 3 aromatic carbocycles. The van der Waals surface area contributed by atoms with E-state index >= 15 is 0 Å². The summed E-state index contributed by atoms with van der Waals surface area (Å²) in [6.07, 6.45) is 0. The van der Waals surface area contributed by atoms with Crippen LogP contribution in [-0.4, -0.2) is 26.8 Å². The van der Waals surface area contributed by atoms with Gasteiger partial charge in [-0.05, 0) is 55.0 Å². The second-order valence-electron chi connectivity index (χ2n) is 6.90. The Hall–Kier alpha value is -2.67. The lowest BCUT2D eigenvalue weighted by Crippen LogP contribution is -2.14. The number of benzene rings is 3. The Kier molecular flexibility index (Phi) is 7.15. The lowest BCUT2D eigenvalue weighted by atomic mass is 10.1. The molecule has 0 aliphatic rings. The maximum Gasteiger partial charge on any atom is 0.338 e. The SMILES string of the molecule is Cc1ccc(S(=O)(=O)Cc2ccc(C(=O)OCC(=O)c3ccc(Cl)c(Cl)c3)cc2)cc1. The molecule has 0 amide bonds. The Morgan fingerprint density at radius 1 is 0.839 bits per heavy atom. The third kappa shape index (κ3) is 5.94. The number of esters is 1. The molecule has 5 nitrogen and oxygen atoms in total. The van der Waals surface area contributed by atoms with Crippen molar-refractivity contribution >= 4 is 44.8 Å². The van der Waals surface area contributed by atoms with E-state index in [0.717, 1.165) is 5.56 Å². The molecule has 0 unspecified atom stereocenters. The number of halogens is 2. The second kappa shape index (κ2) is 9.64. The first-order valence-corrected chi connectivity index (χ1v) is 11.6. The molecule has 0 N–H and O–H groups in total. The van der Waals surface area contributed by atoms with Crippen molar-refractivity contribution in [3.8, 4) is 0 Å². The second-order valence-corrected chi connectivity index (χ2v) is 9.70. The predicted molar refractivity (Wildman–Crippen MR) is 120 cm³/mol. The summed E-state index contributed by atoms with van der Waals surface area (Å²) in [6, 6.07) is 17.0. The summed E-state index contributed by atoms with van der Waals surface area (Å²) in [5, 5.41) is 0.551. The van der Waals surface area contributed by atoms with E-state index < -0.39 is 28.2 Å². The molecule has 3 aromatic rings. The lowest BCUT2D eigenvalue weighted by molar-refractivity contribution is 0.0475. The maximum atomic E-state index is 12.5. The van der Waals surface area contributed by atoms with Crippen LogP contribution in [0.1, 0.15) is 31.8 Å². The zero-order valence-corrected chi connectivity index (χ0v) is 18.8. The van der Waals surface area contributed by atoms with Crippen molar-refractivity contribution in [3.63, 3.8) is 0 Å². The fourth-order valence-electron chi connectivity index (χ4n) is 2.75. The Morgan fingerprint density at radius 2 is 1.45 bits per heavy atom. The van der Waals surface area contributed by atoms with Gasteiger partial charge < -0.3 is 4.74 Å². The highest BCUT2D eigenvalue weighted by Crippen LogP contribution is 2.23. The number of Topliss-reactive ketones (excluding diaryl/α,β-unsaturated/α-hetero) is 1. The summed E-state index contributed by atoms with van der Waals surface area (Å²) in [6.45, 7) is 1.42. The van der Waals surface area contributed by atoms with Crippen molar-refractivity contribution in [1.82, 2.24) is 0 Å². The van der Waals surface area contributed by atoms with Gasteiger partial charge in [0, 0.05) is 5.56 Å². The van der Waals surface area contributed by atoms with Crippen LogP contribution in [0.4, 0.5) is 0 Å². The van der Waals surface area contributed by atoms with Crippen LogP contribution in [0.3, 0.4) is 0 Å². The monoisotopic (exact) mass is 476 g/mol. The minimum absolute atomic E-state index is 0.193. The highest BCUT2D eigenvalue weighted by molar-refractivity contribution is 7.90. The minimum atomic E-state index is -3.50. The van der Waals surface area contributed by atoms with Gasteiger partial charge in [-0.3, -0.25) is 4.79 Å². The molecule has 0 radical (unpaired) electrons. The minimum Gasteiger partial charge on any atom is -0.454 e. The number of carbonyl (C=O) groups is 2. The van der Waals surface area contributed by atoms with Crippen molar-refractivity contribution < 1.29 is 22.7 Å². The fraction of sp³-hybridized carbons (Fsp3) is 0.130. The van der Waals surface area contributed by atoms with Gasteiger partial charge in [-0.1, -0.05) is 53.0 Å². The molecule has 0 aliphatic heterocycles. The molecule has 0 bridgehead atoms. The first-order chi connectivity index (χ1) is 14.7. The first kappa shape index (κ1) is 23.0. The van der Waals surface area contributed by atoms with Crippen molar-refractivity contribution in [2.45, 2.75) is 17.6 Å². The van der Waals surface area contributed by atoms with E-state index in [1.54, 1.807) is 36.4 Å². The quantitative estimate of drug-likeness (QED) is 0.340. The molecule has 0 atom stereocenters. The van der Waals surface area contributed by atoms with Gasteiger partial charge in [-0.25, -0.2) is 13.2 Å². The van der Waals surface area contributed by atoms with Crippen molar-refractivity contribution in [3.05, 3.63) is 99.0 Å². The molecule has 0 heterocycles. The topological polar surface area (TPSA) is 77.5 Å². The molecule has 0 spiro atoms. The molecular formula is C23H18Cl2O5S. The van der Waals surface area contributed by atoms with E-state index in [1.807, 2.05) is 6.92 Å². The summed E-state index contributed by atoms with van der Waals surface area (Å²) >= 11 is 11.7. The van der Waals surface area contributed by atoms with Gasteiger partial charge in [0.05, 0.1) is 26.3 Å². The van der Waals surface area contributed by atoms with E-state index in [2.05, 4.69) is 0 Å². The van der Waals surface area contributed by atoms with Gasteiger partial charge in [-0.15, -0.1) is 0 Å². The van der Waals surface area contributed by atoms with Crippen LogP contribution >= 0.6 is 23.2 Å². The van der Waals surface area contributed by atoms with Crippen LogP contribution in [-0.2, 0) is 20.3 Å². The Bertz CT molecular complexity index is 1220. The smallest absolute Gasteiger partial charge is 0.338 e. The third-order valence-electron chi connectivity index (χ3n) is 4.50. The summed E-state index contributed by atoms with van der Waals surface area (Å²) in [4.78, 5) is 24.6. The van der Waals surface area contributed by atoms with Crippen LogP contribution in [0.5, 0.6) is 0 Å². The highest BCUT2D eigenvalue weighted by atomic mass is 35.5. The van der Waals surface area contributed by atoms with E-state index in [4.69, 9.17) is 27.9 Å². The number of ether oxygens (including phenoxy) is 1. The van der Waals surface area contributed by atoms with Gasteiger partial charge in [0.25, 0.3) is 0 Å².